The highest BCUT2D eigenvalue weighted by atomic mass is 16.5. The molecule has 0 heterocycles. The van der Waals surface area contributed by atoms with Crippen LogP contribution in [0.2, 0.25) is 0 Å². The number of unbranched alkanes of at least 4 members (excludes halogenated alkanes) is 19. The molecular weight excluding hydrogens is 588 g/mol. The van der Waals surface area contributed by atoms with E-state index in [9.17, 15) is 19.5 Å². The number of amides is 1. The Kier molecular flexibility index (Phi) is 33.6. The van der Waals surface area contributed by atoms with Crippen molar-refractivity contribution >= 4 is 17.8 Å². The third-order valence-corrected chi connectivity index (χ3v) is 8.75. The number of hydrogen-bond donors (Lipinski definition) is 3. The molecule has 0 aromatic rings. The fraction of sp³-hybridized carbons (Fsp3) is 0.825. The molecule has 4 N–H and O–H groups in total. The van der Waals surface area contributed by atoms with E-state index in [0.29, 0.717) is 32.2 Å². The summed E-state index contributed by atoms with van der Waals surface area (Å²) < 4.78 is 5.92. The summed E-state index contributed by atoms with van der Waals surface area (Å²) in [6.07, 6.45) is 38.1. The Balaban J connectivity index is 4.34. The number of carbonyl (C=O) groups is 3. The Labute approximate surface area is 289 Å². The largest absolute Gasteiger partial charge is 0.480 e. The van der Waals surface area contributed by atoms with Crippen LogP contribution in [0.4, 0.5) is 0 Å². The third kappa shape index (κ3) is 32.2. The first-order valence-corrected chi connectivity index (χ1v) is 19.7. The fourth-order valence-electron chi connectivity index (χ4n) is 5.75. The molecule has 47 heavy (non-hydrogen) atoms. The second-order valence-electron chi connectivity index (χ2n) is 13.3. The number of allylic oxidation sites excluding steroid dienone is 3. The van der Waals surface area contributed by atoms with Crippen molar-refractivity contribution in [1.82, 2.24) is 5.32 Å². The molecule has 0 aromatic carbocycles. The summed E-state index contributed by atoms with van der Waals surface area (Å²) in [6, 6.07) is -0.853. The number of carboxylic acid groups (broad SMARTS) is 1. The van der Waals surface area contributed by atoms with Crippen molar-refractivity contribution < 1.29 is 24.2 Å². The van der Waals surface area contributed by atoms with Crippen LogP contribution in [0.3, 0.4) is 0 Å². The average Bonchev–Trinajstić information content (AvgIpc) is 3.05. The molecule has 2 unspecified atom stereocenters. The number of aliphatic carboxylic acids is 1. The highest BCUT2D eigenvalue weighted by Crippen LogP contribution is 2.16. The predicted octanol–water partition coefficient (Wildman–Crippen LogP) is 10.5. The Morgan fingerprint density at radius 1 is 0.638 bits per heavy atom. The molecule has 1 amide bonds. The number of hydrogen-bond acceptors (Lipinski definition) is 5. The van der Waals surface area contributed by atoms with Crippen LogP contribution in [-0.2, 0) is 19.1 Å². The second kappa shape index (κ2) is 35.2. The van der Waals surface area contributed by atoms with Gasteiger partial charge in [-0.05, 0) is 70.4 Å². The Morgan fingerprint density at radius 2 is 1.17 bits per heavy atom. The quantitative estimate of drug-likeness (QED) is 0.0353. The van der Waals surface area contributed by atoms with Crippen LogP contribution >= 0.6 is 0 Å². The number of nitrogens with one attached hydrogen (secondary N) is 1. The van der Waals surface area contributed by atoms with Crippen molar-refractivity contribution in [3.05, 3.63) is 24.3 Å². The van der Waals surface area contributed by atoms with Crippen molar-refractivity contribution in [2.24, 2.45) is 5.73 Å². The summed E-state index contributed by atoms with van der Waals surface area (Å²) >= 11 is 0. The van der Waals surface area contributed by atoms with Crippen molar-refractivity contribution in [3.63, 3.8) is 0 Å². The van der Waals surface area contributed by atoms with E-state index in [0.717, 1.165) is 70.6 Å². The van der Waals surface area contributed by atoms with Gasteiger partial charge < -0.3 is 20.9 Å². The van der Waals surface area contributed by atoms with E-state index in [1.807, 2.05) is 0 Å². The molecule has 0 aliphatic carbocycles. The van der Waals surface area contributed by atoms with E-state index >= 15 is 0 Å². The zero-order chi connectivity index (χ0) is 34.6. The van der Waals surface area contributed by atoms with Gasteiger partial charge >= 0.3 is 11.9 Å². The molecule has 0 radical (unpaired) electrons. The maximum absolute atomic E-state index is 12.7. The zero-order valence-corrected chi connectivity index (χ0v) is 30.6. The standard InChI is InChI=1S/C40H74N2O5/c1-3-5-7-9-11-13-14-16-18-24-28-34-39(44)47-36(30-25-21-17-15-12-10-8-6-4-2)31-26-22-19-20-23-27-33-38(43)42-37(40(45)46)32-29-35-41/h15,17,25,30,36-37H,3-14,16,18-24,26-29,31-35,41H2,1-2H3,(H,42,43)(H,45,46)/b17-15-,30-25-. The lowest BCUT2D eigenvalue weighted by molar-refractivity contribution is -0.147. The van der Waals surface area contributed by atoms with Gasteiger partial charge in [-0.2, -0.15) is 0 Å². The Morgan fingerprint density at radius 3 is 1.74 bits per heavy atom. The molecular formula is C40H74N2O5. The molecule has 0 rings (SSSR count). The van der Waals surface area contributed by atoms with Gasteiger partial charge in [-0.15, -0.1) is 0 Å². The molecule has 0 saturated carbocycles. The number of rotatable bonds is 35. The normalized spacial score (nSPS) is 12.9. The average molecular weight is 663 g/mol. The monoisotopic (exact) mass is 663 g/mol. The zero-order valence-electron chi connectivity index (χ0n) is 30.6. The van der Waals surface area contributed by atoms with E-state index in [1.165, 1.54) is 83.5 Å². The van der Waals surface area contributed by atoms with Crippen molar-refractivity contribution in [1.29, 1.82) is 0 Å². The summed E-state index contributed by atoms with van der Waals surface area (Å²) in [6.45, 7) is 4.91. The van der Waals surface area contributed by atoms with Gasteiger partial charge in [0.1, 0.15) is 12.1 Å². The molecule has 0 fully saturated rings. The van der Waals surface area contributed by atoms with Gasteiger partial charge in [0.2, 0.25) is 5.91 Å². The van der Waals surface area contributed by atoms with Gasteiger partial charge in [0.15, 0.2) is 0 Å². The molecule has 0 saturated heterocycles. The number of nitrogens with two attached hydrogens (primary N) is 1. The predicted molar refractivity (Wildman–Crippen MR) is 197 cm³/mol. The topological polar surface area (TPSA) is 119 Å². The Bertz CT molecular complexity index is 797. The summed E-state index contributed by atoms with van der Waals surface area (Å²) in [5.74, 6) is -1.28. The van der Waals surface area contributed by atoms with Crippen LogP contribution < -0.4 is 11.1 Å². The molecule has 0 aliphatic rings. The summed E-state index contributed by atoms with van der Waals surface area (Å²) in [5.41, 5.74) is 5.46. The lowest BCUT2D eigenvalue weighted by Crippen LogP contribution is -2.40. The summed E-state index contributed by atoms with van der Waals surface area (Å²) in [5, 5.41) is 11.9. The van der Waals surface area contributed by atoms with Gasteiger partial charge in [-0.1, -0.05) is 141 Å². The van der Waals surface area contributed by atoms with Crippen molar-refractivity contribution in [2.75, 3.05) is 6.54 Å². The van der Waals surface area contributed by atoms with E-state index in [1.54, 1.807) is 0 Å². The molecule has 274 valence electrons. The van der Waals surface area contributed by atoms with E-state index in [-0.39, 0.29) is 18.0 Å². The van der Waals surface area contributed by atoms with Crippen LogP contribution in [0.1, 0.15) is 194 Å². The van der Waals surface area contributed by atoms with Crippen LogP contribution in [0.25, 0.3) is 0 Å². The van der Waals surface area contributed by atoms with E-state index in [4.69, 9.17) is 10.5 Å². The number of carbonyl (C=O) groups excluding carboxylic acids is 2. The van der Waals surface area contributed by atoms with Gasteiger partial charge in [0, 0.05) is 12.8 Å². The maximum atomic E-state index is 12.7. The highest BCUT2D eigenvalue weighted by Gasteiger charge is 2.18. The lowest BCUT2D eigenvalue weighted by atomic mass is 10.0. The van der Waals surface area contributed by atoms with Crippen molar-refractivity contribution in [2.45, 2.75) is 206 Å². The lowest BCUT2D eigenvalue weighted by Gasteiger charge is -2.15. The second-order valence-corrected chi connectivity index (χ2v) is 13.3. The maximum Gasteiger partial charge on any atom is 0.326 e. The minimum Gasteiger partial charge on any atom is -0.480 e. The smallest absolute Gasteiger partial charge is 0.326 e. The first-order chi connectivity index (χ1) is 22.9. The summed E-state index contributed by atoms with van der Waals surface area (Å²) in [4.78, 5) is 36.1. The van der Waals surface area contributed by atoms with E-state index in [2.05, 4.69) is 43.5 Å². The molecule has 0 aliphatic heterocycles. The van der Waals surface area contributed by atoms with Crippen LogP contribution in [0.5, 0.6) is 0 Å². The third-order valence-electron chi connectivity index (χ3n) is 8.75. The molecule has 7 nitrogen and oxygen atoms in total. The van der Waals surface area contributed by atoms with Crippen molar-refractivity contribution in [3.8, 4) is 0 Å². The summed E-state index contributed by atoms with van der Waals surface area (Å²) in [7, 11) is 0. The van der Waals surface area contributed by atoms with Crippen LogP contribution in [-0.4, -0.2) is 41.6 Å². The molecule has 2 atom stereocenters. The number of ether oxygens (including phenoxy) is 1. The number of esters is 1. The number of carboxylic acids is 1. The van der Waals surface area contributed by atoms with Gasteiger partial charge in [0.05, 0.1) is 0 Å². The van der Waals surface area contributed by atoms with Gasteiger partial charge in [-0.25, -0.2) is 4.79 Å². The molecule has 0 spiro atoms. The molecule has 7 heteroatoms. The van der Waals surface area contributed by atoms with Crippen LogP contribution in [0.15, 0.2) is 24.3 Å². The minimum atomic E-state index is -1.01. The molecule has 0 bridgehead atoms. The minimum absolute atomic E-state index is 0.0755. The Hall–Kier alpha value is -2.15. The SMILES string of the molecule is CCCCCC/C=C\C/C=C\C(CCCCCCCCC(=O)NC(CCCN)C(=O)O)OC(=O)CCCCCCCCCCCCC. The first-order valence-electron chi connectivity index (χ1n) is 19.7. The fourth-order valence-corrected chi connectivity index (χ4v) is 5.75. The highest BCUT2D eigenvalue weighted by molar-refractivity contribution is 5.83. The van der Waals surface area contributed by atoms with Crippen LogP contribution in [0, 0.1) is 0 Å². The molecule has 0 aromatic heterocycles. The van der Waals surface area contributed by atoms with Gasteiger partial charge in [0.25, 0.3) is 0 Å². The van der Waals surface area contributed by atoms with E-state index < -0.39 is 12.0 Å². The van der Waals surface area contributed by atoms with Gasteiger partial charge in [-0.3, -0.25) is 9.59 Å². The first kappa shape index (κ1) is 44.9.